The van der Waals surface area contributed by atoms with E-state index in [0.717, 1.165) is 42.3 Å². The number of hydrogen-bond acceptors (Lipinski definition) is 5. The first kappa shape index (κ1) is 29.7. The fourth-order valence-electron chi connectivity index (χ4n) is 5.42. The second kappa shape index (κ2) is 12.8. The average Bonchev–Trinajstić information content (AvgIpc) is 2.93. The fraction of sp³-hybridized carbons (Fsp3) is 0.552. The molecule has 3 atom stereocenters. The number of fused-ring (bicyclic) bond motifs is 1. The van der Waals surface area contributed by atoms with E-state index in [-0.39, 0.29) is 16.6 Å². The number of carbonyl (C=O) groups excluding carboxylic acids is 1. The highest BCUT2D eigenvalue weighted by Crippen LogP contribution is 2.49. The van der Waals surface area contributed by atoms with Crippen molar-refractivity contribution in [3.63, 3.8) is 0 Å². The van der Waals surface area contributed by atoms with Crippen molar-refractivity contribution in [3.8, 4) is 0 Å². The summed E-state index contributed by atoms with van der Waals surface area (Å²) in [6.45, 7) is 4.07. The summed E-state index contributed by atoms with van der Waals surface area (Å²) in [5, 5.41) is 15.9. The second-order valence-electron chi connectivity index (χ2n) is 10.4. The normalized spacial score (nSPS) is 22.6. The molecule has 0 saturated carbocycles. The van der Waals surface area contributed by atoms with Crippen molar-refractivity contribution in [1.29, 1.82) is 0 Å². The number of aliphatic hydroxyl groups is 1. The van der Waals surface area contributed by atoms with Crippen LogP contribution >= 0.6 is 15.9 Å². The maximum atomic E-state index is 13.8. The molecule has 0 aromatic heterocycles. The van der Waals surface area contributed by atoms with Gasteiger partial charge in [-0.3, -0.25) is 4.79 Å². The largest absolute Gasteiger partial charge is 0.392 e. The van der Waals surface area contributed by atoms with Gasteiger partial charge in [0.15, 0.2) is 9.84 Å². The number of aliphatic hydroxyl groups excluding tert-OH is 1. The lowest BCUT2D eigenvalue weighted by molar-refractivity contribution is -0.116. The number of sulfone groups is 1. The minimum Gasteiger partial charge on any atom is -0.392 e. The van der Waals surface area contributed by atoms with E-state index in [1.165, 1.54) is 0 Å². The Morgan fingerprint density at radius 3 is 2.54 bits per heavy atom. The Morgan fingerprint density at radius 1 is 1.14 bits per heavy atom. The number of nitrogens with one attached hydrogen (secondary N) is 1. The van der Waals surface area contributed by atoms with E-state index in [9.17, 15) is 18.3 Å². The van der Waals surface area contributed by atoms with E-state index >= 15 is 0 Å². The lowest BCUT2D eigenvalue weighted by atomic mass is 9.69. The van der Waals surface area contributed by atoms with Crippen molar-refractivity contribution >= 4 is 43.0 Å². The molecule has 2 N–H and O–H groups in total. The van der Waals surface area contributed by atoms with Crippen molar-refractivity contribution in [2.75, 3.05) is 35.4 Å². The van der Waals surface area contributed by atoms with Gasteiger partial charge in [0, 0.05) is 48.6 Å². The van der Waals surface area contributed by atoms with Crippen LogP contribution in [0.4, 0.5) is 11.4 Å². The third-order valence-electron chi connectivity index (χ3n) is 7.65. The number of unbranched alkanes of at least 4 members (excludes halogenated alkanes) is 2. The molecule has 3 rings (SSSR count). The Kier molecular flexibility index (Phi) is 10.2. The fourth-order valence-corrected chi connectivity index (χ4v) is 8.07. The van der Waals surface area contributed by atoms with Gasteiger partial charge in [-0.05, 0) is 67.1 Å². The van der Waals surface area contributed by atoms with Crippen LogP contribution in [-0.2, 0) is 14.6 Å². The number of nitrogens with zero attached hydrogens (tertiary/aromatic N) is 1. The Labute approximate surface area is 230 Å². The summed E-state index contributed by atoms with van der Waals surface area (Å²) in [7, 11) is 0.198. The molecule has 0 aliphatic carbocycles. The van der Waals surface area contributed by atoms with Crippen molar-refractivity contribution in [3.05, 3.63) is 53.6 Å². The number of hydrogen-bond donors (Lipinski definition) is 2. The quantitative estimate of drug-likeness (QED) is 0.242. The molecule has 2 aromatic carbocycles. The van der Waals surface area contributed by atoms with Gasteiger partial charge in [0.2, 0.25) is 5.91 Å². The number of anilines is 2. The molecule has 204 valence electrons. The van der Waals surface area contributed by atoms with Crippen molar-refractivity contribution < 1.29 is 18.3 Å². The molecule has 6 nitrogen and oxygen atoms in total. The lowest BCUT2D eigenvalue weighted by Gasteiger charge is -2.39. The highest BCUT2D eigenvalue weighted by molar-refractivity contribution is 9.09. The lowest BCUT2D eigenvalue weighted by Crippen LogP contribution is -2.42. The van der Waals surface area contributed by atoms with E-state index in [1.54, 1.807) is 6.07 Å². The van der Waals surface area contributed by atoms with Gasteiger partial charge in [-0.25, -0.2) is 8.42 Å². The number of amides is 1. The molecule has 0 saturated heterocycles. The molecule has 37 heavy (non-hydrogen) atoms. The van der Waals surface area contributed by atoms with E-state index in [0.29, 0.717) is 30.5 Å². The van der Waals surface area contributed by atoms with Gasteiger partial charge in [0.1, 0.15) is 0 Å². The first-order valence-electron chi connectivity index (χ1n) is 13.3. The first-order chi connectivity index (χ1) is 17.6. The standard InChI is InChI=1S/C29H41BrN2O4S/c1-5-7-16-29(6-2)20-37(35,36)25-15-14-23(32(3)4)19-24(25)27(28(29)34)21-11-10-12-22(18-21)31-26(33)13-8-9-17-30/h10-12,14-15,18-19,27-28,34H,5-9,13,16-17,20H2,1-4H3,(H,31,33)/t27-,28-,29-/m0/s1. The molecule has 0 fully saturated rings. The molecule has 0 unspecified atom stereocenters. The van der Waals surface area contributed by atoms with Gasteiger partial charge in [0.05, 0.1) is 16.8 Å². The summed E-state index contributed by atoms with van der Waals surface area (Å²) in [4.78, 5) is 14.7. The van der Waals surface area contributed by atoms with Crippen molar-refractivity contribution in [2.45, 2.75) is 75.7 Å². The topological polar surface area (TPSA) is 86.7 Å². The van der Waals surface area contributed by atoms with Gasteiger partial charge in [-0.15, -0.1) is 0 Å². The Morgan fingerprint density at radius 2 is 1.89 bits per heavy atom. The van der Waals surface area contributed by atoms with Crippen LogP contribution in [0.25, 0.3) is 0 Å². The highest BCUT2D eigenvalue weighted by Gasteiger charge is 2.49. The summed E-state index contributed by atoms with van der Waals surface area (Å²) < 4.78 is 27.6. The zero-order valence-electron chi connectivity index (χ0n) is 22.5. The Bertz CT molecular complexity index is 1180. The summed E-state index contributed by atoms with van der Waals surface area (Å²) >= 11 is 3.40. The van der Waals surface area contributed by atoms with Gasteiger partial charge in [-0.2, -0.15) is 0 Å². The van der Waals surface area contributed by atoms with Gasteiger partial charge in [-0.1, -0.05) is 54.8 Å². The van der Waals surface area contributed by atoms with Crippen LogP contribution in [0.15, 0.2) is 47.4 Å². The smallest absolute Gasteiger partial charge is 0.224 e. The highest BCUT2D eigenvalue weighted by atomic mass is 79.9. The summed E-state index contributed by atoms with van der Waals surface area (Å²) in [6, 6.07) is 12.9. The van der Waals surface area contributed by atoms with Crippen LogP contribution in [0, 0.1) is 5.41 Å². The van der Waals surface area contributed by atoms with Crippen LogP contribution in [0.1, 0.15) is 75.8 Å². The molecule has 1 amide bonds. The molecular weight excluding hydrogens is 552 g/mol. The van der Waals surface area contributed by atoms with Crippen molar-refractivity contribution in [2.24, 2.45) is 5.41 Å². The predicted octanol–water partition coefficient (Wildman–Crippen LogP) is 6.12. The summed E-state index contributed by atoms with van der Waals surface area (Å²) in [6.07, 6.45) is 4.22. The van der Waals surface area contributed by atoms with Crippen molar-refractivity contribution in [1.82, 2.24) is 0 Å². The third kappa shape index (κ3) is 6.76. The van der Waals surface area contributed by atoms with Crippen LogP contribution < -0.4 is 10.2 Å². The molecular formula is C29H41BrN2O4S. The Hall–Kier alpha value is -1.90. The molecule has 1 aliphatic heterocycles. The van der Waals surface area contributed by atoms with E-state index < -0.39 is 27.3 Å². The molecule has 1 heterocycles. The minimum atomic E-state index is -3.64. The average molecular weight is 594 g/mol. The molecule has 1 aliphatic rings. The monoisotopic (exact) mass is 592 g/mol. The van der Waals surface area contributed by atoms with E-state index in [2.05, 4.69) is 28.2 Å². The summed E-state index contributed by atoms with van der Waals surface area (Å²) in [5.41, 5.74) is 2.17. The van der Waals surface area contributed by atoms with Crippen LogP contribution in [-0.4, -0.2) is 50.7 Å². The van der Waals surface area contributed by atoms with Gasteiger partial charge >= 0.3 is 0 Å². The maximum Gasteiger partial charge on any atom is 0.224 e. The minimum absolute atomic E-state index is 0.0526. The zero-order valence-corrected chi connectivity index (χ0v) is 24.9. The second-order valence-corrected chi connectivity index (χ2v) is 13.2. The van der Waals surface area contributed by atoms with Gasteiger partial charge in [0.25, 0.3) is 0 Å². The third-order valence-corrected chi connectivity index (χ3v) is 10.2. The number of rotatable bonds is 11. The predicted molar refractivity (Wildman–Crippen MR) is 156 cm³/mol. The molecule has 0 bridgehead atoms. The van der Waals surface area contributed by atoms with Gasteiger partial charge < -0.3 is 15.3 Å². The molecule has 0 spiro atoms. The van der Waals surface area contributed by atoms with Crippen LogP contribution in [0.5, 0.6) is 0 Å². The SMILES string of the molecule is CCCC[C@@]1(CC)CS(=O)(=O)c2ccc(N(C)C)cc2[C@H](c2cccc(NC(=O)CCCCBr)c2)[C@@H]1O. The van der Waals surface area contributed by atoms with Crippen LogP contribution in [0.2, 0.25) is 0 Å². The van der Waals surface area contributed by atoms with Crippen LogP contribution in [0.3, 0.4) is 0 Å². The van der Waals surface area contributed by atoms with E-state index in [1.807, 2.05) is 62.3 Å². The number of benzene rings is 2. The first-order valence-corrected chi connectivity index (χ1v) is 16.0. The molecule has 8 heteroatoms. The molecule has 2 aromatic rings. The number of carbonyl (C=O) groups is 1. The number of halogens is 1. The summed E-state index contributed by atoms with van der Waals surface area (Å²) in [5.74, 6) is -0.676. The number of alkyl halides is 1. The molecule has 0 radical (unpaired) electrons. The maximum absolute atomic E-state index is 13.8. The van der Waals surface area contributed by atoms with E-state index in [4.69, 9.17) is 0 Å². The Balaban J connectivity index is 2.16. The zero-order chi connectivity index (χ0) is 27.2.